The first-order valence-electron chi connectivity index (χ1n) is 8.53. The van der Waals surface area contributed by atoms with E-state index in [-0.39, 0.29) is 11.7 Å². The fraction of sp³-hybridized carbons (Fsp3) is 0.182. The van der Waals surface area contributed by atoms with Gasteiger partial charge in [-0.15, -0.1) is 0 Å². The van der Waals surface area contributed by atoms with Gasteiger partial charge in [-0.05, 0) is 31.6 Å². The van der Waals surface area contributed by atoms with Crippen LogP contribution in [-0.2, 0) is 16.1 Å². The van der Waals surface area contributed by atoms with Crippen molar-refractivity contribution in [2.24, 2.45) is 0 Å². The number of para-hydroxylation sites is 1. The highest BCUT2D eigenvalue weighted by Crippen LogP contribution is 2.25. The van der Waals surface area contributed by atoms with Gasteiger partial charge in [-0.25, -0.2) is 4.79 Å². The molecular weight excluding hydrogens is 324 g/mol. The highest BCUT2D eigenvalue weighted by molar-refractivity contribution is 6.01. The third-order valence-corrected chi connectivity index (χ3v) is 4.00. The average molecular weight is 344 g/mol. The van der Waals surface area contributed by atoms with Crippen LogP contribution < -0.4 is 0 Å². The number of fused-ring (bicyclic) bond motifs is 1. The summed E-state index contributed by atoms with van der Waals surface area (Å²) < 4.78 is 7.28. The van der Waals surface area contributed by atoms with Crippen molar-refractivity contribution in [3.63, 3.8) is 0 Å². The highest BCUT2D eigenvalue weighted by atomic mass is 16.5. The lowest BCUT2D eigenvalue weighted by molar-refractivity contribution is -0.142. The van der Waals surface area contributed by atoms with E-state index in [1.54, 1.807) is 19.9 Å². The first-order chi connectivity index (χ1) is 12.6. The number of nitrogens with zero attached hydrogens (tertiary/aromatic N) is 2. The molecule has 4 heteroatoms. The molecule has 3 rings (SSSR count). The van der Waals surface area contributed by atoms with Crippen LogP contribution in [0, 0.1) is 11.3 Å². The lowest BCUT2D eigenvalue weighted by atomic mass is 10.1. The van der Waals surface area contributed by atoms with E-state index >= 15 is 0 Å². The second-order valence-corrected chi connectivity index (χ2v) is 6.34. The number of esters is 1. The molecule has 0 unspecified atom stereocenters. The van der Waals surface area contributed by atoms with E-state index in [4.69, 9.17) is 4.74 Å². The van der Waals surface area contributed by atoms with Crippen molar-refractivity contribution in [1.82, 2.24) is 4.57 Å². The van der Waals surface area contributed by atoms with Gasteiger partial charge in [0, 0.05) is 29.2 Å². The second kappa shape index (κ2) is 7.71. The molecule has 2 aromatic carbocycles. The van der Waals surface area contributed by atoms with Crippen molar-refractivity contribution < 1.29 is 9.53 Å². The number of ether oxygens (including phenoxy) is 1. The number of carbonyl (C=O) groups is 1. The van der Waals surface area contributed by atoms with Crippen LogP contribution in [-0.4, -0.2) is 16.6 Å². The van der Waals surface area contributed by atoms with Gasteiger partial charge in [-0.1, -0.05) is 48.5 Å². The minimum Gasteiger partial charge on any atom is -0.459 e. The van der Waals surface area contributed by atoms with E-state index in [0.29, 0.717) is 6.54 Å². The number of carbonyl (C=O) groups excluding carboxylic acids is 1. The maximum atomic E-state index is 12.1. The molecule has 0 fully saturated rings. The first kappa shape index (κ1) is 17.5. The van der Waals surface area contributed by atoms with Gasteiger partial charge in [-0.3, -0.25) is 0 Å². The van der Waals surface area contributed by atoms with Crippen LogP contribution in [0.25, 0.3) is 17.0 Å². The largest absolute Gasteiger partial charge is 0.459 e. The number of aromatic nitrogens is 1. The van der Waals surface area contributed by atoms with Crippen LogP contribution in [0.3, 0.4) is 0 Å². The molecular formula is C22H20N2O2. The molecule has 0 radical (unpaired) electrons. The molecule has 0 bridgehead atoms. The molecule has 0 saturated carbocycles. The molecule has 0 aliphatic carbocycles. The average Bonchev–Trinajstić information content (AvgIpc) is 2.97. The summed E-state index contributed by atoms with van der Waals surface area (Å²) in [4.78, 5) is 12.1. The van der Waals surface area contributed by atoms with Gasteiger partial charge in [0.05, 0.1) is 6.10 Å². The molecule has 0 spiro atoms. The Morgan fingerprint density at radius 3 is 2.54 bits per heavy atom. The Bertz CT molecular complexity index is 992. The van der Waals surface area contributed by atoms with Gasteiger partial charge >= 0.3 is 5.97 Å². The fourth-order valence-corrected chi connectivity index (χ4v) is 2.87. The number of benzene rings is 2. The molecule has 0 saturated heterocycles. The van der Waals surface area contributed by atoms with Crippen molar-refractivity contribution in [2.75, 3.05) is 0 Å². The van der Waals surface area contributed by atoms with Gasteiger partial charge < -0.3 is 9.30 Å². The second-order valence-electron chi connectivity index (χ2n) is 6.34. The molecule has 0 aliphatic rings. The van der Waals surface area contributed by atoms with Gasteiger partial charge in [0.2, 0.25) is 0 Å². The Morgan fingerprint density at radius 1 is 1.15 bits per heavy atom. The Balaban J connectivity index is 2.03. The number of hydrogen-bond acceptors (Lipinski definition) is 3. The summed E-state index contributed by atoms with van der Waals surface area (Å²) in [6.45, 7) is 4.24. The van der Waals surface area contributed by atoms with Crippen LogP contribution in [0.4, 0.5) is 0 Å². The molecule has 130 valence electrons. The fourth-order valence-electron chi connectivity index (χ4n) is 2.87. The van der Waals surface area contributed by atoms with Gasteiger partial charge in [0.15, 0.2) is 0 Å². The van der Waals surface area contributed by atoms with Crippen LogP contribution in [0.5, 0.6) is 0 Å². The molecule has 3 aromatic rings. The molecule has 1 aromatic heterocycles. The van der Waals surface area contributed by atoms with Crippen LogP contribution in [0.15, 0.2) is 66.4 Å². The van der Waals surface area contributed by atoms with Gasteiger partial charge in [0.25, 0.3) is 0 Å². The number of rotatable bonds is 5. The zero-order chi connectivity index (χ0) is 18.5. The molecule has 1 heterocycles. The van der Waals surface area contributed by atoms with Gasteiger partial charge in [-0.2, -0.15) is 5.26 Å². The topological polar surface area (TPSA) is 55.0 Å². The summed E-state index contributed by atoms with van der Waals surface area (Å²) in [5.74, 6) is -0.595. The third-order valence-electron chi connectivity index (χ3n) is 4.00. The van der Waals surface area contributed by atoms with Gasteiger partial charge in [0.1, 0.15) is 11.6 Å². The van der Waals surface area contributed by atoms with Crippen molar-refractivity contribution in [3.8, 4) is 6.07 Å². The summed E-state index contributed by atoms with van der Waals surface area (Å²) in [6.07, 6.45) is 3.31. The zero-order valence-electron chi connectivity index (χ0n) is 14.8. The van der Waals surface area contributed by atoms with E-state index in [9.17, 15) is 10.1 Å². The first-order valence-corrected chi connectivity index (χ1v) is 8.53. The summed E-state index contributed by atoms with van der Waals surface area (Å²) in [6, 6.07) is 20.1. The predicted molar refractivity (Wildman–Crippen MR) is 102 cm³/mol. The monoisotopic (exact) mass is 344 g/mol. The smallest absolute Gasteiger partial charge is 0.349 e. The molecule has 0 atom stereocenters. The summed E-state index contributed by atoms with van der Waals surface area (Å²) in [5.41, 5.74) is 3.07. The normalized spacial score (nSPS) is 11.5. The quantitative estimate of drug-likeness (QED) is 0.388. The summed E-state index contributed by atoms with van der Waals surface area (Å²) in [5, 5.41) is 10.4. The van der Waals surface area contributed by atoms with Crippen LogP contribution in [0.1, 0.15) is 25.0 Å². The van der Waals surface area contributed by atoms with E-state index < -0.39 is 5.97 Å². The van der Waals surface area contributed by atoms with Crippen molar-refractivity contribution >= 4 is 22.9 Å². The SMILES string of the molecule is CC(C)OC(=O)/C(C#N)=C/c1cn(Cc2ccccc2)c2ccccc12. The van der Waals surface area contributed by atoms with E-state index in [0.717, 1.165) is 16.5 Å². The number of nitriles is 1. The molecule has 4 nitrogen and oxygen atoms in total. The lowest BCUT2D eigenvalue weighted by Crippen LogP contribution is -2.12. The number of hydrogen-bond donors (Lipinski definition) is 0. The minimum absolute atomic E-state index is 0.00122. The maximum absolute atomic E-state index is 12.1. The van der Waals surface area contributed by atoms with E-state index in [1.807, 2.05) is 54.7 Å². The maximum Gasteiger partial charge on any atom is 0.349 e. The predicted octanol–water partition coefficient (Wildman–Crippen LogP) is 4.55. The Morgan fingerprint density at radius 2 is 1.85 bits per heavy atom. The Labute approximate surface area is 152 Å². The third kappa shape index (κ3) is 3.84. The molecule has 0 N–H and O–H groups in total. The molecule has 26 heavy (non-hydrogen) atoms. The van der Waals surface area contributed by atoms with Crippen molar-refractivity contribution in [3.05, 3.63) is 77.5 Å². The summed E-state index contributed by atoms with van der Waals surface area (Å²) >= 11 is 0. The van der Waals surface area contributed by atoms with Crippen LogP contribution in [0.2, 0.25) is 0 Å². The highest BCUT2D eigenvalue weighted by Gasteiger charge is 2.14. The van der Waals surface area contributed by atoms with Crippen LogP contribution >= 0.6 is 0 Å². The van der Waals surface area contributed by atoms with E-state index in [1.165, 1.54) is 5.56 Å². The standard InChI is InChI=1S/C22H20N2O2/c1-16(2)26-22(25)18(13-23)12-19-15-24(14-17-8-4-3-5-9-17)21-11-7-6-10-20(19)21/h3-12,15-16H,14H2,1-2H3/b18-12+. The molecule has 0 aliphatic heterocycles. The van der Waals surface area contributed by atoms with Crippen molar-refractivity contribution in [1.29, 1.82) is 5.26 Å². The van der Waals surface area contributed by atoms with E-state index in [2.05, 4.69) is 16.7 Å². The Kier molecular flexibility index (Phi) is 5.19. The summed E-state index contributed by atoms with van der Waals surface area (Å²) in [7, 11) is 0. The van der Waals surface area contributed by atoms with Crippen molar-refractivity contribution in [2.45, 2.75) is 26.5 Å². The minimum atomic E-state index is -0.595. The lowest BCUT2D eigenvalue weighted by Gasteiger charge is -2.06. The molecule has 0 amide bonds. The Hall–Kier alpha value is -3.32. The zero-order valence-corrected chi connectivity index (χ0v) is 14.8.